The van der Waals surface area contributed by atoms with Crippen molar-refractivity contribution in [3.8, 4) is 0 Å². The van der Waals surface area contributed by atoms with E-state index in [1.54, 1.807) is 29.2 Å². The first kappa shape index (κ1) is 14.8. The topological polar surface area (TPSA) is 46.6 Å². The fourth-order valence-electron chi connectivity index (χ4n) is 2.27. The second kappa shape index (κ2) is 7.24. The molecule has 0 aliphatic carbocycles. The Labute approximate surface area is 123 Å². The van der Waals surface area contributed by atoms with Crippen molar-refractivity contribution in [1.29, 1.82) is 0 Å². The van der Waals surface area contributed by atoms with Gasteiger partial charge in [0.15, 0.2) is 0 Å². The van der Waals surface area contributed by atoms with Gasteiger partial charge in [-0.2, -0.15) is 0 Å². The number of likely N-dealkylation sites (tertiary alicyclic amines) is 1. The van der Waals surface area contributed by atoms with Crippen LogP contribution in [0.15, 0.2) is 23.6 Å². The molecule has 1 unspecified atom stereocenters. The molecular weight excluding hydrogens is 274 g/mol. The standard InChI is InChI=1S/C15H19NO3S/c1-2-19-15(18)12-5-3-9-16(11-12)14(17)8-7-13-6-4-10-20-13/h4,6-8,10,12H,2-3,5,9,11H2,1H3. The van der Waals surface area contributed by atoms with Crippen LogP contribution in [-0.2, 0) is 14.3 Å². The Morgan fingerprint density at radius 3 is 3.10 bits per heavy atom. The molecule has 108 valence electrons. The zero-order valence-electron chi connectivity index (χ0n) is 11.6. The van der Waals surface area contributed by atoms with Crippen LogP contribution in [0.25, 0.3) is 6.08 Å². The third-order valence-electron chi connectivity index (χ3n) is 3.29. The van der Waals surface area contributed by atoms with Crippen LogP contribution in [0.4, 0.5) is 0 Å². The highest BCUT2D eigenvalue weighted by Crippen LogP contribution is 2.19. The lowest BCUT2D eigenvalue weighted by molar-refractivity contribution is -0.150. The summed E-state index contributed by atoms with van der Waals surface area (Å²) in [6.07, 6.45) is 5.06. The zero-order chi connectivity index (χ0) is 14.4. The van der Waals surface area contributed by atoms with Gasteiger partial charge in [0.1, 0.15) is 0 Å². The molecule has 0 aromatic carbocycles. The molecule has 1 amide bonds. The smallest absolute Gasteiger partial charge is 0.310 e. The number of thiophene rings is 1. The molecule has 2 rings (SSSR count). The number of rotatable bonds is 4. The first-order valence-electron chi connectivity index (χ1n) is 6.88. The minimum atomic E-state index is -0.188. The Kier molecular flexibility index (Phi) is 5.35. The number of hydrogen-bond acceptors (Lipinski definition) is 4. The van der Waals surface area contributed by atoms with Crippen LogP contribution < -0.4 is 0 Å². The van der Waals surface area contributed by atoms with Crippen molar-refractivity contribution in [2.45, 2.75) is 19.8 Å². The molecule has 20 heavy (non-hydrogen) atoms. The Bertz CT molecular complexity index is 481. The van der Waals surface area contributed by atoms with Gasteiger partial charge in [0.05, 0.1) is 12.5 Å². The quantitative estimate of drug-likeness (QED) is 0.633. The van der Waals surface area contributed by atoms with E-state index < -0.39 is 0 Å². The average Bonchev–Trinajstić information content (AvgIpc) is 2.98. The molecule has 0 saturated carbocycles. The van der Waals surface area contributed by atoms with Crippen molar-refractivity contribution in [1.82, 2.24) is 4.90 Å². The largest absolute Gasteiger partial charge is 0.466 e. The first-order valence-corrected chi connectivity index (χ1v) is 7.75. The Hall–Kier alpha value is -1.62. The summed E-state index contributed by atoms with van der Waals surface area (Å²) in [7, 11) is 0. The van der Waals surface area contributed by atoms with Gasteiger partial charge in [0.25, 0.3) is 0 Å². The normalized spacial score (nSPS) is 19.2. The minimum Gasteiger partial charge on any atom is -0.466 e. The van der Waals surface area contributed by atoms with Crippen molar-refractivity contribution in [2.75, 3.05) is 19.7 Å². The Morgan fingerprint density at radius 2 is 2.40 bits per heavy atom. The van der Waals surface area contributed by atoms with Crippen LogP contribution in [-0.4, -0.2) is 36.5 Å². The van der Waals surface area contributed by atoms with E-state index in [1.165, 1.54) is 0 Å². The van der Waals surface area contributed by atoms with Crippen LogP contribution in [0.2, 0.25) is 0 Å². The number of hydrogen-bond donors (Lipinski definition) is 0. The molecule has 1 fully saturated rings. The molecule has 1 saturated heterocycles. The molecular formula is C15H19NO3S. The predicted molar refractivity (Wildman–Crippen MR) is 79.3 cm³/mol. The van der Waals surface area contributed by atoms with Crippen LogP contribution >= 0.6 is 11.3 Å². The second-order valence-corrected chi connectivity index (χ2v) is 5.70. The summed E-state index contributed by atoms with van der Waals surface area (Å²) >= 11 is 1.59. The molecule has 0 N–H and O–H groups in total. The summed E-state index contributed by atoms with van der Waals surface area (Å²) in [4.78, 5) is 26.6. The number of esters is 1. The third kappa shape index (κ3) is 3.93. The van der Waals surface area contributed by atoms with Crippen molar-refractivity contribution < 1.29 is 14.3 Å². The Morgan fingerprint density at radius 1 is 1.55 bits per heavy atom. The summed E-state index contributed by atoms with van der Waals surface area (Å²) in [5.74, 6) is -0.401. The van der Waals surface area contributed by atoms with E-state index in [9.17, 15) is 9.59 Å². The van der Waals surface area contributed by atoms with Crippen LogP contribution in [0.1, 0.15) is 24.6 Å². The van der Waals surface area contributed by atoms with Gasteiger partial charge in [0.2, 0.25) is 5.91 Å². The van der Waals surface area contributed by atoms with Gasteiger partial charge in [-0.15, -0.1) is 11.3 Å². The number of carbonyl (C=O) groups is 2. The lowest BCUT2D eigenvalue weighted by Crippen LogP contribution is -2.42. The maximum Gasteiger partial charge on any atom is 0.310 e. The van der Waals surface area contributed by atoms with Gasteiger partial charge in [0, 0.05) is 24.0 Å². The number of carbonyl (C=O) groups excluding carboxylic acids is 2. The number of piperidine rings is 1. The van der Waals surface area contributed by atoms with Crippen molar-refractivity contribution in [3.05, 3.63) is 28.5 Å². The van der Waals surface area contributed by atoms with Crippen molar-refractivity contribution in [2.24, 2.45) is 5.92 Å². The molecule has 1 atom stereocenters. The third-order valence-corrected chi connectivity index (χ3v) is 4.12. The van der Waals surface area contributed by atoms with Gasteiger partial charge in [-0.3, -0.25) is 9.59 Å². The van der Waals surface area contributed by atoms with E-state index in [0.29, 0.717) is 19.7 Å². The molecule has 1 aromatic heterocycles. The van der Waals surface area contributed by atoms with Crippen LogP contribution in [0, 0.1) is 5.92 Å². The van der Waals surface area contributed by atoms with E-state index in [-0.39, 0.29) is 17.8 Å². The molecule has 0 spiro atoms. The van der Waals surface area contributed by atoms with Crippen molar-refractivity contribution in [3.63, 3.8) is 0 Å². The molecule has 4 nitrogen and oxygen atoms in total. The van der Waals surface area contributed by atoms with Crippen LogP contribution in [0.3, 0.4) is 0 Å². The van der Waals surface area contributed by atoms with Gasteiger partial charge < -0.3 is 9.64 Å². The van der Waals surface area contributed by atoms with Gasteiger partial charge >= 0.3 is 5.97 Å². The number of ether oxygens (including phenoxy) is 1. The monoisotopic (exact) mass is 293 g/mol. The molecule has 5 heteroatoms. The summed E-state index contributed by atoms with van der Waals surface area (Å²) in [6, 6.07) is 3.92. The SMILES string of the molecule is CCOC(=O)C1CCCN(C(=O)C=Cc2cccs2)C1. The van der Waals surface area contributed by atoms with E-state index in [1.807, 2.05) is 23.6 Å². The number of amides is 1. The average molecular weight is 293 g/mol. The van der Waals surface area contributed by atoms with E-state index >= 15 is 0 Å². The minimum absolute atomic E-state index is 0.0348. The second-order valence-electron chi connectivity index (χ2n) is 4.72. The highest BCUT2D eigenvalue weighted by Gasteiger charge is 2.28. The van der Waals surface area contributed by atoms with E-state index in [2.05, 4.69) is 0 Å². The summed E-state index contributed by atoms with van der Waals surface area (Å²) < 4.78 is 5.04. The fourth-order valence-corrected chi connectivity index (χ4v) is 2.89. The predicted octanol–water partition coefficient (Wildman–Crippen LogP) is 2.56. The fraction of sp³-hybridized carbons (Fsp3) is 0.467. The molecule has 0 bridgehead atoms. The maximum atomic E-state index is 12.1. The highest BCUT2D eigenvalue weighted by molar-refractivity contribution is 7.10. The van der Waals surface area contributed by atoms with Crippen LogP contribution in [0.5, 0.6) is 0 Å². The molecule has 0 radical (unpaired) electrons. The summed E-state index contributed by atoms with van der Waals surface area (Å²) in [6.45, 7) is 3.37. The zero-order valence-corrected chi connectivity index (χ0v) is 12.4. The van der Waals surface area contributed by atoms with E-state index in [0.717, 1.165) is 17.7 Å². The number of nitrogens with zero attached hydrogens (tertiary/aromatic N) is 1. The van der Waals surface area contributed by atoms with Gasteiger partial charge in [-0.1, -0.05) is 6.07 Å². The molecule has 1 aliphatic rings. The van der Waals surface area contributed by atoms with Gasteiger partial charge in [-0.25, -0.2) is 0 Å². The Balaban J connectivity index is 1.91. The lowest BCUT2D eigenvalue weighted by Gasteiger charge is -2.30. The summed E-state index contributed by atoms with van der Waals surface area (Å²) in [5, 5.41) is 1.97. The van der Waals surface area contributed by atoms with E-state index in [4.69, 9.17) is 4.74 Å². The first-order chi connectivity index (χ1) is 9.70. The maximum absolute atomic E-state index is 12.1. The van der Waals surface area contributed by atoms with Gasteiger partial charge in [-0.05, 0) is 37.3 Å². The summed E-state index contributed by atoms with van der Waals surface area (Å²) in [5.41, 5.74) is 0. The van der Waals surface area contributed by atoms with Crippen molar-refractivity contribution >= 4 is 29.3 Å². The molecule has 2 heterocycles. The lowest BCUT2D eigenvalue weighted by atomic mass is 9.98. The molecule has 1 aliphatic heterocycles. The molecule has 1 aromatic rings. The highest BCUT2D eigenvalue weighted by atomic mass is 32.1.